The molecule has 116 valence electrons. The standard InChI is InChI=1S/C16H26N2O2Si/c1-20-14-9-7-13(8-10-14)17-16(19)15-6-5-11-18(15)12-21(2,3)4/h7-10,15H,5-6,11-12H2,1-4H3,(H,17,19). The molecule has 21 heavy (non-hydrogen) atoms. The predicted molar refractivity (Wildman–Crippen MR) is 89.6 cm³/mol. The lowest BCUT2D eigenvalue weighted by Crippen LogP contribution is -2.47. The van der Waals surface area contributed by atoms with Crippen molar-refractivity contribution in [3.63, 3.8) is 0 Å². The van der Waals surface area contributed by atoms with Crippen molar-refractivity contribution in [1.82, 2.24) is 4.90 Å². The summed E-state index contributed by atoms with van der Waals surface area (Å²) in [5.74, 6) is 0.921. The van der Waals surface area contributed by atoms with Crippen molar-refractivity contribution in [2.24, 2.45) is 0 Å². The first-order valence-electron chi connectivity index (χ1n) is 7.58. The molecule has 4 nitrogen and oxygen atoms in total. The van der Waals surface area contributed by atoms with Crippen LogP contribution in [0, 0.1) is 0 Å². The fraction of sp³-hybridized carbons (Fsp3) is 0.562. The second kappa shape index (κ2) is 6.62. The Balaban J connectivity index is 1.98. The summed E-state index contributed by atoms with van der Waals surface area (Å²) in [5.41, 5.74) is 0.834. The Bertz CT molecular complexity index is 482. The lowest BCUT2D eigenvalue weighted by Gasteiger charge is -2.29. The SMILES string of the molecule is COc1ccc(NC(=O)C2CCCN2C[Si](C)(C)C)cc1. The van der Waals surface area contributed by atoms with Crippen LogP contribution in [0.3, 0.4) is 0 Å². The summed E-state index contributed by atoms with van der Waals surface area (Å²) >= 11 is 0. The van der Waals surface area contributed by atoms with Gasteiger partial charge in [0.1, 0.15) is 5.75 Å². The topological polar surface area (TPSA) is 41.6 Å². The summed E-state index contributed by atoms with van der Waals surface area (Å²) in [5, 5.41) is 3.03. The Morgan fingerprint density at radius 1 is 1.33 bits per heavy atom. The van der Waals surface area contributed by atoms with Gasteiger partial charge in [0, 0.05) is 5.69 Å². The molecule has 2 rings (SSSR count). The minimum Gasteiger partial charge on any atom is -0.497 e. The first-order chi connectivity index (χ1) is 9.89. The van der Waals surface area contributed by atoms with Gasteiger partial charge in [-0.25, -0.2) is 0 Å². The van der Waals surface area contributed by atoms with Gasteiger partial charge in [-0.2, -0.15) is 0 Å². The van der Waals surface area contributed by atoms with Gasteiger partial charge < -0.3 is 10.1 Å². The van der Waals surface area contributed by atoms with E-state index in [4.69, 9.17) is 4.74 Å². The Kier molecular flexibility index (Phi) is 5.06. The van der Waals surface area contributed by atoms with Crippen LogP contribution in [0.1, 0.15) is 12.8 Å². The highest BCUT2D eigenvalue weighted by Gasteiger charge is 2.33. The maximum atomic E-state index is 12.5. The van der Waals surface area contributed by atoms with Crippen LogP contribution in [0.5, 0.6) is 5.75 Å². The van der Waals surface area contributed by atoms with Crippen molar-refractivity contribution in [3.05, 3.63) is 24.3 Å². The van der Waals surface area contributed by atoms with Crippen LogP contribution in [-0.2, 0) is 4.79 Å². The lowest BCUT2D eigenvalue weighted by atomic mass is 10.2. The zero-order chi connectivity index (χ0) is 15.5. The highest BCUT2D eigenvalue weighted by atomic mass is 28.3. The van der Waals surface area contributed by atoms with Crippen LogP contribution in [0.4, 0.5) is 5.69 Å². The summed E-state index contributed by atoms with van der Waals surface area (Å²) in [4.78, 5) is 14.9. The molecule has 1 unspecified atom stereocenters. The van der Waals surface area contributed by atoms with Crippen LogP contribution < -0.4 is 10.1 Å². The molecule has 1 N–H and O–H groups in total. The number of hydrogen-bond donors (Lipinski definition) is 1. The Morgan fingerprint density at radius 2 is 2.00 bits per heavy atom. The first-order valence-corrected chi connectivity index (χ1v) is 11.3. The van der Waals surface area contributed by atoms with Gasteiger partial charge in [0.15, 0.2) is 0 Å². The van der Waals surface area contributed by atoms with E-state index in [9.17, 15) is 4.79 Å². The molecule has 1 heterocycles. The third kappa shape index (κ3) is 4.57. The van der Waals surface area contributed by atoms with Crippen molar-refractivity contribution >= 4 is 19.7 Å². The largest absolute Gasteiger partial charge is 0.497 e. The molecule has 1 atom stereocenters. The molecule has 0 spiro atoms. The monoisotopic (exact) mass is 306 g/mol. The number of carbonyl (C=O) groups is 1. The van der Waals surface area contributed by atoms with Crippen molar-refractivity contribution in [2.45, 2.75) is 38.5 Å². The number of ether oxygens (including phenoxy) is 1. The Labute approximate surface area is 128 Å². The van der Waals surface area contributed by atoms with E-state index in [1.165, 1.54) is 0 Å². The molecule has 0 radical (unpaired) electrons. The fourth-order valence-corrected chi connectivity index (χ4v) is 4.42. The summed E-state index contributed by atoms with van der Waals surface area (Å²) in [6.07, 6.45) is 3.17. The summed E-state index contributed by atoms with van der Waals surface area (Å²) < 4.78 is 5.13. The van der Waals surface area contributed by atoms with Gasteiger partial charge in [0.2, 0.25) is 5.91 Å². The number of anilines is 1. The molecule has 1 aliphatic rings. The summed E-state index contributed by atoms with van der Waals surface area (Å²) in [6, 6.07) is 7.52. The maximum Gasteiger partial charge on any atom is 0.241 e. The van der Waals surface area contributed by atoms with E-state index in [1.807, 2.05) is 24.3 Å². The highest BCUT2D eigenvalue weighted by Crippen LogP contribution is 2.22. The molecule has 1 aromatic rings. The van der Waals surface area contributed by atoms with E-state index < -0.39 is 8.07 Å². The van der Waals surface area contributed by atoms with Gasteiger partial charge >= 0.3 is 0 Å². The van der Waals surface area contributed by atoms with Crippen LogP contribution in [-0.4, -0.2) is 44.7 Å². The van der Waals surface area contributed by atoms with E-state index in [-0.39, 0.29) is 11.9 Å². The number of likely N-dealkylation sites (tertiary alicyclic amines) is 1. The van der Waals surface area contributed by atoms with Gasteiger partial charge in [-0.1, -0.05) is 19.6 Å². The van der Waals surface area contributed by atoms with Gasteiger partial charge in [0.05, 0.1) is 21.2 Å². The van der Waals surface area contributed by atoms with Crippen molar-refractivity contribution in [3.8, 4) is 5.75 Å². The first kappa shape index (κ1) is 16.0. The highest BCUT2D eigenvalue weighted by molar-refractivity contribution is 6.76. The predicted octanol–water partition coefficient (Wildman–Crippen LogP) is 2.98. The molecular weight excluding hydrogens is 280 g/mol. The number of nitrogens with one attached hydrogen (secondary N) is 1. The number of carbonyl (C=O) groups excluding carboxylic acids is 1. The normalized spacial score (nSPS) is 19.5. The van der Waals surface area contributed by atoms with E-state index in [1.54, 1.807) is 7.11 Å². The molecular formula is C16H26N2O2Si. The Morgan fingerprint density at radius 3 is 2.57 bits per heavy atom. The zero-order valence-electron chi connectivity index (χ0n) is 13.5. The van der Waals surface area contributed by atoms with Crippen molar-refractivity contribution in [1.29, 1.82) is 0 Å². The third-order valence-electron chi connectivity index (χ3n) is 3.70. The van der Waals surface area contributed by atoms with Gasteiger partial charge in [-0.05, 0) is 49.8 Å². The molecule has 0 aliphatic carbocycles. The van der Waals surface area contributed by atoms with Crippen LogP contribution in [0.2, 0.25) is 19.6 Å². The van der Waals surface area contributed by atoms with Gasteiger partial charge in [-0.15, -0.1) is 0 Å². The molecule has 1 aromatic carbocycles. The molecule has 1 saturated heterocycles. The van der Waals surface area contributed by atoms with Gasteiger partial charge in [0.25, 0.3) is 0 Å². The number of methoxy groups -OCH3 is 1. The molecule has 1 aliphatic heterocycles. The minimum absolute atomic E-state index is 0.0267. The zero-order valence-corrected chi connectivity index (χ0v) is 14.5. The second-order valence-corrected chi connectivity index (χ2v) is 12.3. The fourth-order valence-electron chi connectivity index (χ4n) is 2.82. The molecule has 0 aromatic heterocycles. The van der Waals surface area contributed by atoms with E-state index >= 15 is 0 Å². The summed E-state index contributed by atoms with van der Waals surface area (Å²) in [7, 11) is 0.454. The number of amides is 1. The number of hydrogen-bond acceptors (Lipinski definition) is 3. The molecule has 1 fully saturated rings. The average molecular weight is 306 g/mol. The van der Waals surface area contributed by atoms with Crippen LogP contribution in [0.25, 0.3) is 0 Å². The number of rotatable bonds is 5. The average Bonchev–Trinajstić information content (AvgIpc) is 2.85. The third-order valence-corrected chi connectivity index (χ3v) is 5.06. The smallest absolute Gasteiger partial charge is 0.241 e. The molecule has 0 saturated carbocycles. The van der Waals surface area contributed by atoms with Crippen molar-refractivity contribution in [2.75, 3.05) is 25.1 Å². The summed E-state index contributed by atoms with van der Waals surface area (Å²) in [6.45, 7) is 8.10. The lowest BCUT2D eigenvalue weighted by molar-refractivity contribution is -0.120. The van der Waals surface area contributed by atoms with E-state index in [0.717, 1.165) is 37.0 Å². The maximum absolute atomic E-state index is 12.5. The minimum atomic E-state index is -1.18. The second-order valence-electron chi connectivity index (χ2n) is 6.91. The molecule has 1 amide bonds. The number of benzene rings is 1. The van der Waals surface area contributed by atoms with Crippen LogP contribution >= 0.6 is 0 Å². The quantitative estimate of drug-likeness (QED) is 0.850. The van der Waals surface area contributed by atoms with Gasteiger partial charge in [-0.3, -0.25) is 9.69 Å². The van der Waals surface area contributed by atoms with E-state index in [2.05, 4.69) is 29.9 Å². The molecule has 5 heteroatoms. The molecule has 0 bridgehead atoms. The Hall–Kier alpha value is -1.33. The number of nitrogens with zero attached hydrogens (tertiary/aromatic N) is 1. The van der Waals surface area contributed by atoms with E-state index in [0.29, 0.717) is 0 Å². The van der Waals surface area contributed by atoms with Crippen LogP contribution in [0.15, 0.2) is 24.3 Å². The van der Waals surface area contributed by atoms with Crippen molar-refractivity contribution < 1.29 is 9.53 Å².